The molecule has 0 atom stereocenters. The van der Waals surface area contributed by atoms with Gasteiger partial charge in [-0.2, -0.15) is 4.57 Å². The summed E-state index contributed by atoms with van der Waals surface area (Å²) in [5.74, 6) is 0. The van der Waals surface area contributed by atoms with Crippen molar-refractivity contribution < 1.29 is 4.57 Å². The standard InChI is InChI=1S/C25H18N3/c1-3-14-26-23(10-1)20-7-5-9-22(17-20)28-16-6-8-19-12-13-21(18-25(19)28)24-11-2-4-15-27-24/h1-18H/q+1. The van der Waals surface area contributed by atoms with Gasteiger partial charge in [0.15, 0.2) is 6.20 Å². The number of pyridine rings is 3. The molecule has 0 amide bonds. The Kier molecular flexibility index (Phi) is 4.11. The van der Waals surface area contributed by atoms with Gasteiger partial charge in [-0.1, -0.05) is 30.3 Å². The van der Waals surface area contributed by atoms with Crippen LogP contribution in [-0.4, -0.2) is 9.97 Å². The fourth-order valence-electron chi connectivity index (χ4n) is 3.47. The van der Waals surface area contributed by atoms with E-state index in [1.54, 1.807) is 0 Å². The summed E-state index contributed by atoms with van der Waals surface area (Å²) >= 11 is 0. The van der Waals surface area contributed by atoms with Crippen LogP contribution in [0.5, 0.6) is 0 Å². The molecule has 28 heavy (non-hydrogen) atoms. The minimum atomic E-state index is 0.972. The van der Waals surface area contributed by atoms with Crippen LogP contribution in [-0.2, 0) is 0 Å². The fourth-order valence-corrected chi connectivity index (χ4v) is 3.47. The summed E-state index contributed by atoms with van der Waals surface area (Å²) in [5.41, 5.74) is 6.40. The van der Waals surface area contributed by atoms with E-state index in [-0.39, 0.29) is 0 Å². The zero-order valence-electron chi connectivity index (χ0n) is 15.2. The molecule has 3 nitrogen and oxygen atoms in total. The zero-order chi connectivity index (χ0) is 18.8. The maximum atomic E-state index is 4.49. The summed E-state index contributed by atoms with van der Waals surface area (Å²) < 4.78 is 2.22. The lowest BCUT2D eigenvalue weighted by Crippen LogP contribution is -2.30. The molecule has 5 aromatic rings. The Balaban J connectivity index is 1.67. The quantitative estimate of drug-likeness (QED) is 0.412. The van der Waals surface area contributed by atoms with Crippen molar-refractivity contribution in [1.29, 1.82) is 0 Å². The molecule has 0 aliphatic heterocycles. The summed E-state index contributed by atoms with van der Waals surface area (Å²) in [6.07, 6.45) is 5.75. The first-order chi connectivity index (χ1) is 13.9. The van der Waals surface area contributed by atoms with Crippen molar-refractivity contribution >= 4 is 10.9 Å². The predicted molar refractivity (Wildman–Crippen MR) is 112 cm³/mol. The molecule has 0 aliphatic rings. The Morgan fingerprint density at radius 2 is 1.32 bits per heavy atom. The first-order valence-electron chi connectivity index (χ1n) is 9.26. The van der Waals surface area contributed by atoms with Crippen molar-refractivity contribution in [2.24, 2.45) is 0 Å². The molecule has 3 heterocycles. The Bertz CT molecular complexity index is 1250. The Morgan fingerprint density at radius 1 is 0.571 bits per heavy atom. The largest absolute Gasteiger partial charge is 0.256 e. The molecule has 0 unspecified atom stereocenters. The average molecular weight is 360 g/mol. The molecule has 0 N–H and O–H groups in total. The first kappa shape index (κ1) is 16.3. The normalized spacial score (nSPS) is 10.9. The molecule has 5 rings (SSSR count). The van der Waals surface area contributed by atoms with Gasteiger partial charge in [-0.05, 0) is 36.4 Å². The second kappa shape index (κ2) is 7.05. The maximum Gasteiger partial charge on any atom is 0.219 e. The zero-order valence-corrected chi connectivity index (χ0v) is 15.2. The van der Waals surface area contributed by atoms with Crippen molar-refractivity contribution in [2.75, 3.05) is 0 Å². The van der Waals surface area contributed by atoms with Crippen LogP contribution >= 0.6 is 0 Å². The van der Waals surface area contributed by atoms with E-state index < -0.39 is 0 Å². The van der Waals surface area contributed by atoms with Crippen LogP contribution in [0.2, 0.25) is 0 Å². The summed E-state index contributed by atoms with van der Waals surface area (Å²) in [6, 6.07) is 31.1. The number of aromatic nitrogens is 3. The van der Waals surface area contributed by atoms with Crippen molar-refractivity contribution in [3.63, 3.8) is 0 Å². The Morgan fingerprint density at radius 3 is 2.04 bits per heavy atom. The SMILES string of the molecule is c1ccc(-c2cccc(-[n+]3cccc4ccc(-c5ccccn5)cc43)c2)nc1. The van der Waals surface area contributed by atoms with E-state index in [0.29, 0.717) is 0 Å². The van der Waals surface area contributed by atoms with Gasteiger partial charge >= 0.3 is 0 Å². The predicted octanol–water partition coefficient (Wildman–Crippen LogP) is 5.24. The van der Waals surface area contributed by atoms with Gasteiger partial charge in [0.2, 0.25) is 11.2 Å². The van der Waals surface area contributed by atoms with Gasteiger partial charge < -0.3 is 0 Å². The third kappa shape index (κ3) is 3.03. The molecular weight excluding hydrogens is 342 g/mol. The number of nitrogens with zero attached hydrogens (tertiary/aromatic N) is 3. The fraction of sp³-hybridized carbons (Fsp3) is 0. The number of rotatable bonds is 3. The maximum absolute atomic E-state index is 4.49. The summed E-state index contributed by atoms with van der Waals surface area (Å²) in [6.45, 7) is 0. The first-order valence-corrected chi connectivity index (χ1v) is 9.26. The number of fused-ring (bicyclic) bond motifs is 1. The Hall–Kier alpha value is -3.85. The second-order valence-corrected chi connectivity index (χ2v) is 6.63. The smallest absolute Gasteiger partial charge is 0.219 e. The van der Waals surface area contributed by atoms with E-state index in [9.17, 15) is 0 Å². The van der Waals surface area contributed by atoms with Gasteiger partial charge in [-0.25, -0.2) is 0 Å². The van der Waals surface area contributed by atoms with Gasteiger partial charge in [-0.3, -0.25) is 9.97 Å². The van der Waals surface area contributed by atoms with Crippen LogP contribution < -0.4 is 4.57 Å². The molecule has 2 aromatic carbocycles. The molecule has 3 heteroatoms. The third-order valence-electron chi connectivity index (χ3n) is 4.85. The van der Waals surface area contributed by atoms with E-state index in [0.717, 1.165) is 33.7 Å². The lowest BCUT2D eigenvalue weighted by Gasteiger charge is -2.05. The monoisotopic (exact) mass is 360 g/mol. The lowest BCUT2D eigenvalue weighted by atomic mass is 10.1. The third-order valence-corrected chi connectivity index (χ3v) is 4.85. The Labute approximate surface area is 163 Å². The van der Waals surface area contributed by atoms with Crippen LogP contribution in [0.3, 0.4) is 0 Å². The molecule has 132 valence electrons. The van der Waals surface area contributed by atoms with Crippen molar-refractivity contribution in [3.05, 3.63) is 110 Å². The molecule has 0 spiro atoms. The molecule has 0 fully saturated rings. The molecule has 0 radical (unpaired) electrons. The summed E-state index contributed by atoms with van der Waals surface area (Å²) in [5, 5.41) is 1.19. The number of benzene rings is 2. The van der Waals surface area contributed by atoms with Gasteiger partial charge in [0, 0.05) is 53.2 Å². The molecular formula is C25H18N3+. The average Bonchev–Trinajstić information content (AvgIpc) is 2.79. The van der Waals surface area contributed by atoms with Crippen LogP contribution in [0, 0.1) is 0 Å². The van der Waals surface area contributed by atoms with E-state index in [1.807, 2.05) is 48.8 Å². The minimum absolute atomic E-state index is 0.972. The highest BCUT2D eigenvalue weighted by molar-refractivity contribution is 5.81. The lowest BCUT2D eigenvalue weighted by molar-refractivity contribution is -0.567. The summed E-state index contributed by atoms with van der Waals surface area (Å²) in [4.78, 5) is 8.98. The number of hydrogen-bond acceptors (Lipinski definition) is 2. The van der Waals surface area contributed by atoms with E-state index in [2.05, 4.69) is 75.3 Å². The minimum Gasteiger partial charge on any atom is -0.256 e. The topological polar surface area (TPSA) is 29.7 Å². The highest BCUT2D eigenvalue weighted by Crippen LogP contribution is 2.23. The van der Waals surface area contributed by atoms with Crippen molar-refractivity contribution in [3.8, 4) is 28.2 Å². The highest BCUT2D eigenvalue weighted by atomic mass is 15.0. The second-order valence-electron chi connectivity index (χ2n) is 6.63. The van der Waals surface area contributed by atoms with Crippen molar-refractivity contribution in [1.82, 2.24) is 9.97 Å². The van der Waals surface area contributed by atoms with Gasteiger partial charge in [0.1, 0.15) is 0 Å². The highest BCUT2D eigenvalue weighted by Gasteiger charge is 2.14. The molecule has 0 saturated carbocycles. The van der Waals surface area contributed by atoms with Crippen molar-refractivity contribution in [2.45, 2.75) is 0 Å². The van der Waals surface area contributed by atoms with E-state index in [4.69, 9.17) is 0 Å². The number of hydrogen-bond donors (Lipinski definition) is 0. The summed E-state index contributed by atoms with van der Waals surface area (Å²) in [7, 11) is 0. The van der Waals surface area contributed by atoms with Gasteiger partial charge in [0.25, 0.3) is 0 Å². The van der Waals surface area contributed by atoms with E-state index in [1.165, 1.54) is 5.39 Å². The molecule has 3 aromatic heterocycles. The van der Waals surface area contributed by atoms with Gasteiger partial charge in [0.05, 0.1) is 11.4 Å². The van der Waals surface area contributed by atoms with Crippen LogP contribution in [0.1, 0.15) is 0 Å². The van der Waals surface area contributed by atoms with Crippen LogP contribution in [0.25, 0.3) is 39.1 Å². The van der Waals surface area contributed by atoms with Gasteiger partial charge in [-0.15, -0.1) is 0 Å². The van der Waals surface area contributed by atoms with Crippen LogP contribution in [0.4, 0.5) is 0 Å². The molecule has 0 aliphatic carbocycles. The molecule has 0 saturated heterocycles. The molecule has 0 bridgehead atoms. The van der Waals surface area contributed by atoms with Crippen LogP contribution in [0.15, 0.2) is 110 Å². The van der Waals surface area contributed by atoms with E-state index >= 15 is 0 Å².